The van der Waals surface area contributed by atoms with Crippen molar-refractivity contribution < 1.29 is 14.7 Å². The highest BCUT2D eigenvalue weighted by molar-refractivity contribution is 7.17. The molecule has 2 N–H and O–H groups in total. The first-order chi connectivity index (χ1) is 9.98. The Morgan fingerprint density at radius 3 is 2.14 bits per heavy atom. The van der Waals surface area contributed by atoms with Crippen LogP contribution in [0.25, 0.3) is 0 Å². The van der Waals surface area contributed by atoms with E-state index in [0.29, 0.717) is 10.8 Å². The number of nitrogens with one attached hydrogen (secondary N) is 1. The summed E-state index contributed by atoms with van der Waals surface area (Å²) in [4.78, 5) is 28.1. The zero-order valence-electron chi connectivity index (χ0n) is 13.1. The van der Waals surface area contributed by atoms with Crippen LogP contribution in [0.15, 0.2) is 0 Å². The second kappa shape index (κ2) is 8.12. The van der Waals surface area contributed by atoms with Gasteiger partial charge in [-0.1, -0.05) is 39.0 Å². The highest BCUT2D eigenvalue weighted by Gasteiger charge is 2.24. The lowest BCUT2D eigenvalue weighted by molar-refractivity contribution is -0.120. The number of hydrogen-bond donors (Lipinski definition) is 2. The number of aromatic nitrogens is 1. The largest absolute Gasteiger partial charge is 0.477 e. The summed E-state index contributed by atoms with van der Waals surface area (Å²) in [5.74, 6) is -0.996. The first-order valence-electron chi connectivity index (χ1n) is 7.53. The number of aromatic carboxylic acids is 1. The Labute approximate surface area is 129 Å². The topological polar surface area (TPSA) is 79.3 Å². The fourth-order valence-corrected chi connectivity index (χ4v) is 3.25. The molecule has 0 saturated carbocycles. The Hall–Kier alpha value is -1.43. The summed E-state index contributed by atoms with van der Waals surface area (Å²) in [6.07, 6.45) is 3.19. The molecule has 1 aromatic heterocycles. The molecule has 1 aromatic rings. The number of anilines is 1. The molecule has 6 heteroatoms. The van der Waals surface area contributed by atoms with E-state index in [0.717, 1.165) is 37.0 Å². The standard InChI is InChI=1S/C15H24N2O3S/c1-5-9(6-2)11-12(14(19)20)21-15(16-11)17-13(18)10(7-3)8-4/h9-10H,5-8H2,1-4H3,(H,19,20)(H,16,17,18). The van der Waals surface area contributed by atoms with E-state index in [-0.39, 0.29) is 22.6 Å². The van der Waals surface area contributed by atoms with Crippen LogP contribution in [-0.2, 0) is 4.79 Å². The zero-order valence-corrected chi connectivity index (χ0v) is 13.9. The quantitative estimate of drug-likeness (QED) is 0.756. The molecule has 0 atom stereocenters. The molecule has 118 valence electrons. The van der Waals surface area contributed by atoms with E-state index in [1.54, 1.807) is 0 Å². The maximum atomic E-state index is 12.1. The molecule has 0 saturated heterocycles. The molecule has 0 unspecified atom stereocenters. The van der Waals surface area contributed by atoms with E-state index < -0.39 is 5.97 Å². The third-order valence-corrected chi connectivity index (χ3v) is 4.78. The second-order valence-corrected chi connectivity index (χ2v) is 6.05. The first-order valence-corrected chi connectivity index (χ1v) is 8.34. The van der Waals surface area contributed by atoms with Crippen molar-refractivity contribution in [1.29, 1.82) is 0 Å². The third-order valence-electron chi connectivity index (χ3n) is 3.81. The minimum atomic E-state index is -0.975. The fraction of sp³-hybridized carbons (Fsp3) is 0.667. The summed E-state index contributed by atoms with van der Waals surface area (Å²) < 4.78 is 0. The summed E-state index contributed by atoms with van der Waals surface area (Å²) in [5, 5.41) is 12.5. The molecule has 1 amide bonds. The van der Waals surface area contributed by atoms with Gasteiger partial charge in [-0.25, -0.2) is 9.78 Å². The molecule has 0 aliphatic rings. The van der Waals surface area contributed by atoms with Crippen molar-refractivity contribution >= 4 is 28.3 Å². The van der Waals surface area contributed by atoms with Gasteiger partial charge >= 0.3 is 5.97 Å². The van der Waals surface area contributed by atoms with E-state index >= 15 is 0 Å². The molecule has 0 aromatic carbocycles. The van der Waals surface area contributed by atoms with Crippen molar-refractivity contribution in [3.8, 4) is 0 Å². The molecule has 0 radical (unpaired) electrons. The van der Waals surface area contributed by atoms with Gasteiger partial charge in [0.05, 0.1) is 5.69 Å². The van der Waals surface area contributed by atoms with Crippen molar-refractivity contribution in [2.24, 2.45) is 5.92 Å². The maximum absolute atomic E-state index is 12.1. The van der Waals surface area contributed by atoms with Crippen molar-refractivity contribution in [3.63, 3.8) is 0 Å². The zero-order chi connectivity index (χ0) is 16.0. The molecule has 21 heavy (non-hydrogen) atoms. The van der Waals surface area contributed by atoms with E-state index in [2.05, 4.69) is 10.3 Å². The number of carboxylic acids is 1. The van der Waals surface area contributed by atoms with Crippen LogP contribution in [0, 0.1) is 5.92 Å². The number of carbonyl (C=O) groups excluding carboxylic acids is 1. The van der Waals surface area contributed by atoms with E-state index in [4.69, 9.17) is 0 Å². The van der Waals surface area contributed by atoms with Gasteiger partial charge in [0.25, 0.3) is 0 Å². The van der Waals surface area contributed by atoms with E-state index in [9.17, 15) is 14.7 Å². The van der Waals surface area contributed by atoms with Gasteiger partial charge in [-0.2, -0.15) is 0 Å². The van der Waals surface area contributed by atoms with E-state index in [1.807, 2.05) is 27.7 Å². The van der Waals surface area contributed by atoms with Crippen molar-refractivity contribution in [2.45, 2.75) is 59.3 Å². The van der Waals surface area contributed by atoms with Crippen molar-refractivity contribution in [1.82, 2.24) is 4.98 Å². The van der Waals surface area contributed by atoms with Crippen LogP contribution in [0.4, 0.5) is 5.13 Å². The predicted octanol–water partition coefficient (Wildman–Crippen LogP) is 4.12. The number of carbonyl (C=O) groups is 2. The van der Waals surface area contributed by atoms with Gasteiger partial charge in [-0.05, 0) is 25.7 Å². The molecule has 0 fully saturated rings. The molecule has 1 heterocycles. The smallest absolute Gasteiger partial charge is 0.347 e. The summed E-state index contributed by atoms with van der Waals surface area (Å²) >= 11 is 1.05. The molecular formula is C15H24N2O3S. The number of carboxylic acid groups (broad SMARTS) is 1. The second-order valence-electron chi connectivity index (χ2n) is 5.05. The van der Waals surface area contributed by atoms with Gasteiger partial charge in [-0.15, -0.1) is 0 Å². The number of nitrogens with zero attached hydrogens (tertiary/aromatic N) is 1. The van der Waals surface area contributed by atoms with Crippen LogP contribution in [0.5, 0.6) is 0 Å². The van der Waals surface area contributed by atoms with Gasteiger partial charge in [0, 0.05) is 11.8 Å². The van der Waals surface area contributed by atoms with Crippen LogP contribution in [-0.4, -0.2) is 22.0 Å². The fourth-order valence-electron chi connectivity index (χ4n) is 2.36. The van der Waals surface area contributed by atoms with Gasteiger partial charge in [0.1, 0.15) is 4.88 Å². The lowest BCUT2D eigenvalue weighted by atomic mass is 9.98. The highest BCUT2D eigenvalue weighted by atomic mass is 32.1. The summed E-state index contributed by atoms with van der Waals surface area (Å²) in [7, 11) is 0. The monoisotopic (exact) mass is 312 g/mol. The van der Waals surface area contributed by atoms with Crippen molar-refractivity contribution in [2.75, 3.05) is 5.32 Å². The molecule has 0 aliphatic heterocycles. The normalized spacial score (nSPS) is 11.1. The molecular weight excluding hydrogens is 288 g/mol. The minimum Gasteiger partial charge on any atom is -0.477 e. The summed E-state index contributed by atoms with van der Waals surface area (Å²) in [6, 6.07) is 0. The first kappa shape index (κ1) is 17.6. The van der Waals surface area contributed by atoms with Gasteiger partial charge in [0.15, 0.2) is 5.13 Å². The van der Waals surface area contributed by atoms with Crippen LogP contribution in [0.2, 0.25) is 0 Å². The average molecular weight is 312 g/mol. The summed E-state index contributed by atoms with van der Waals surface area (Å²) in [5.41, 5.74) is 0.595. The summed E-state index contributed by atoms with van der Waals surface area (Å²) in [6.45, 7) is 7.96. The van der Waals surface area contributed by atoms with Crippen LogP contribution >= 0.6 is 11.3 Å². The average Bonchev–Trinajstić information content (AvgIpc) is 2.85. The Bertz CT molecular complexity index is 491. The Morgan fingerprint density at radius 2 is 1.71 bits per heavy atom. The van der Waals surface area contributed by atoms with Crippen molar-refractivity contribution in [3.05, 3.63) is 10.6 Å². The molecule has 0 spiro atoms. The third kappa shape index (κ3) is 4.27. The lowest BCUT2D eigenvalue weighted by Gasteiger charge is -2.11. The Balaban J connectivity index is 3.02. The number of amides is 1. The minimum absolute atomic E-state index is 0.0567. The van der Waals surface area contributed by atoms with Gasteiger partial charge < -0.3 is 10.4 Å². The molecule has 0 aliphatic carbocycles. The van der Waals surface area contributed by atoms with Crippen LogP contribution < -0.4 is 5.32 Å². The molecule has 5 nitrogen and oxygen atoms in total. The van der Waals surface area contributed by atoms with E-state index in [1.165, 1.54) is 0 Å². The highest BCUT2D eigenvalue weighted by Crippen LogP contribution is 2.32. The SMILES string of the molecule is CCC(CC)C(=O)Nc1nc(C(CC)CC)c(C(=O)O)s1. The number of thiazole rings is 1. The Kier molecular flexibility index (Phi) is 6.81. The number of rotatable bonds is 8. The van der Waals surface area contributed by atoms with Crippen LogP contribution in [0.1, 0.15) is 74.7 Å². The predicted molar refractivity (Wildman–Crippen MR) is 85.1 cm³/mol. The number of hydrogen-bond acceptors (Lipinski definition) is 4. The molecule has 0 bridgehead atoms. The lowest BCUT2D eigenvalue weighted by Crippen LogP contribution is -2.21. The van der Waals surface area contributed by atoms with Gasteiger partial charge in [-0.3, -0.25) is 4.79 Å². The van der Waals surface area contributed by atoms with Crippen LogP contribution in [0.3, 0.4) is 0 Å². The maximum Gasteiger partial charge on any atom is 0.347 e. The molecule has 1 rings (SSSR count). The Morgan fingerprint density at radius 1 is 1.14 bits per heavy atom. The van der Waals surface area contributed by atoms with Gasteiger partial charge in [0.2, 0.25) is 5.91 Å².